The zero-order valence-corrected chi connectivity index (χ0v) is 15.6. The van der Waals surface area contributed by atoms with E-state index in [1.54, 1.807) is 18.2 Å². The number of amides is 1. The maximum Gasteiger partial charge on any atom is 0.261 e. The van der Waals surface area contributed by atoms with Crippen molar-refractivity contribution in [3.63, 3.8) is 0 Å². The predicted molar refractivity (Wildman–Crippen MR) is 102 cm³/mol. The Morgan fingerprint density at radius 3 is 2.54 bits per heavy atom. The second-order valence-corrected chi connectivity index (χ2v) is 8.44. The molecule has 1 aliphatic carbocycles. The smallest absolute Gasteiger partial charge is 0.261 e. The van der Waals surface area contributed by atoms with Crippen LogP contribution in [0, 0.1) is 5.92 Å². The summed E-state index contributed by atoms with van der Waals surface area (Å²) in [5.41, 5.74) is 6.31. The first-order chi connectivity index (χ1) is 12.4. The van der Waals surface area contributed by atoms with Gasteiger partial charge in [-0.1, -0.05) is 29.8 Å². The number of benzene rings is 2. The van der Waals surface area contributed by atoms with Gasteiger partial charge in [-0.3, -0.25) is 9.52 Å². The summed E-state index contributed by atoms with van der Waals surface area (Å²) in [5, 5.41) is 3.09. The fourth-order valence-corrected chi connectivity index (χ4v) is 3.87. The van der Waals surface area contributed by atoms with Crippen LogP contribution in [0.3, 0.4) is 0 Å². The zero-order chi connectivity index (χ0) is 18.7. The van der Waals surface area contributed by atoms with Crippen molar-refractivity contribution in [2.24, 2.45) is 11.7 Å². The first-order valence-electron chi connectivity index (χ1n) is 8.28. The summed E-state index contributed by atoms with van der Waals surface area (Å²) < 4.78 is 27.5. The molecule has 0 saturated heterocycles. The van der Waals surface area contributed by atoms with Gasteiger partial charge in [0.25, 0.3) is 15.9 Å². The molecule has 8 heteroatoms. The van der Waals surface area contributed by atoms with E-state index in [1.165, 1.54) is 30.3 Å². The normalized spacial score (nSPS) is 15.3. The Hall–Kier alpha value is -2.09. The fraction of sp³-hybridized carbons (Fsp3) is 0.278. The first kappa shape index (κ1) is 18.7. The molecule has 1 aliphatic rings. The average molecular weight is 394 g/mol. The number of carbonyl (C=O) groups is 1. The SMILES string of the molecule is NC(CNC(=O)c1cc(Cl)ccc1NS(=O)(=O)c1ccccc1)C1CC1. The molecule has 1 saturated carbocycles. The standard InChI is InChI=1S/C18H20ClN3O3S/c19-13-8-9-17(22-26(24,25)14-4-2-1-3-5-14)15(10-13)18(23)21-11-16(20)12-6-7-12/h1-5,8-10,12,16,22H,6-7,11,20H2,(H,21,23). The molecule has 1 atom stereocenters. The Morgan fingerprint density at radius 1 is 1.19 bits per heavy atom. The van der Waals surface area contributed by atoms with Crippen molar-refractivity contribution in [3.8, 4) is 0 Å². The van der Waals surface area contributed by atoms with E-state index >= 15 is 0 Å². The highest BCUT2D eigenvalue weighted by atomic mass is 35.5. The van der Waals surface area contributed by atoms with Crippen molar-refractivity contribution < 1.29 is 13.2 Å². The van der Waals surface area contributed by atoms with Crippen molar-refractivity contribution in [1.82, 2.24) is 5.32 Å². The molecule has 138 valence electrons. The quantitative estimate of drug-likeness (QED) is 0.672. The lowest BCUT2D eigenvalue weighted by atomic mass is 10.1. The van der Waals surface area contributed by atoms with Crippen LogP contribution in [0.25, 0.3) is 0 Å². The molecule has 0 spiro atoms. The third-order valence-corrected chi connectivity index (χ3v) is 5.87. The van der Waals surface area contributed by atoms with Crippen molar-refractivity contribution >= 4 is 33.2 Å². The highest BCUT2D eigenvalue weighted by Crippen LogP contribution is 2.31. The molecule has 0 aliphatic heterocycles. The number of rotatable bonds is 7. The van der Waals surface area contributed by atoms with E-state index in [1.807, 2.05) is 0 Å². The zero-order valence-electron chi connectivity index (χ0n) is 14.0. The highest BCUT2D eigenvalue weighted by molar-refractivity contribution is 7.92. The minimum atomic E-state index is -3.81. The fourth-order valence-electron chi connectivity index (χ4n) is 2.59. The van der Waals surface area contributed by atoms with Gasteiger partial charge in [0.2, 0.25) is 0 Å². The van der Waals surface area contributed by atoms with Crippen molar-refractivity contribution in [2.45, 2.75) is 23.8 Å². The summed E-state index contributed by atoms with van der Waals surface area (Å²) in [4.78, 5) is 12.6. The van der Waals surface area contributed by atoms with Gasteiger partial charge in [0, 0.05) is 17.6 Å². The van der Waals surface area contributed by atoms with Gasteiger partial charge >= 0.3 is 0 Å². The maximum absolute atomic E-state index is 12.5. The second kappa shape index (κ2) is 7.65. The van der Waals surface area contributed by atoms with Crippen LogP contribution < -0.4 is 15.8 Å². The molecule has 4 N–H and O–H groups in total. The van der Waals surface area contributed by atoms with E-state index in [0.717, 1.165) is 12.8 Å². The number of carbonyl (C=O) groups excluding carboxylic acids is 1. The number of halogens is 1. The molecule has 6 nitrogen and oxygen atoms in total. The Bertz CT molecular complexity index is 899. The maximum atomic E-state index is 12.5. The molecule has 1 fully saturated rings. The van der Waals surface area contributed by atoms with Gasteiger partial charge in [0.05, 0.1) is 16.1 Å². The number of anilines is 1. The van der Waals surface area contributed by atoms with Gasteiger partial charge in [0.15, 0.2) is 0 Å². The van der Waals surface area contributed by atoms with Crippen molar-refractivity contribution in [2.75, 3.05) is 11.3 Å². The van der Waals surface area contributed by atoms with Crippen LogP contribution in [0.4, 0.5) is 5.69 Å². The summed E-state index contributed by atoms with van der Waals surface area (Å²) in [6.45, 7) is 0.334. The minimum Gasteiger partial charge on any atom is -0.350 e. The number of sulfonamides is 1. The Balaban J connectivity index is 1.80. The largest absolute Gasteiger partial charge is 0.350 e. The lowest BCUT2D eigenvalue weighted by Gasteiger charge is -2.15. The van der Waals surface area contributed by atoms with E-state index in [4.69, 9.17) is 17.3 Å². The third kappa shape index (κ3) is 4.55. The number of hydrogen-bond donors (Lipinski definition) is 3. The average Bonchev–Trinajstić information content (AvgIpc) is 3.46. The van der Waals surface area contributed by atoms with E-state index < -0.39 is 15.9 Å². The summed E-state index contributed by atoms with van der Waals surface area (Å²) in [7, 11) is -3.81. The molecule has 26 heavy (non-hydrogen) atoms. The topological polar surface area (TPSA) is 101 Å². The Morgan fingerprint density at radius 2 is 1.88 bits per heavy atom. The molecule has 0 bridgehead atoms. The van der Waals surface area contributed by atoms with Gasteiger partial charge in [-0.05, 0) is 49.1 Å². The molecular weight excluding hydrogens is 374 g/mol. The molecule has 1 unspecified atom stereocenters. The molecule has 0 radical (unpaired) electrons. The van der Waals surface area contributed by atoms with Crippen LogP contribution >= 0.6 is 11.6 Å². The van der Waals surface area contributed by atoms with Gasteiger partial charge < -0.3 is 11.1 Å². The Kier molecular flexibility index (Phi) is 5.50. The van der Waals surface area contributed by atoms with Gasteiger partial charge in [-0.2, -0.15) is 0 Å². The molecule has 2 aromatic rings. The summed E-state index contributed by atoms with van der Waals surface area (Å²) >= 11 is 5.99. The number of hydrogen-bond acceptors (Lipinski definition) is 4. The van der Waals surface area contributed by atoms with Crippen LogP contribution in [0.2, 0.25) is 5.02 Å². The Labute approximate surface area is 157 Å². The van der Waals surface area contributed by atoms with Crippen LogP contribution in [-0.2, 0) is 10.0 Å². The van der Waals surface area contributed by atoms with E-state index in [2.05, 4.69) is 10.0 Å². The lowest BCUT2D eigenvalue weighted by Crippen LogP contribution is -2.38. The van der Waals surface area contributed by atoms with Gasteiger partial charge in [0.1, 0.15) is 0 Å². The monoisotopic (exact) mass is 393 g/mol. The van der Waals surface area contributed by atoms with Gasteiger partial charge in [-0.15, -0.1) is 0 Å². The third-order valence-electron chi connectivity index (χ3n) is 4.25. The molecular formula is C18H20ClN3O3S. The van der Waals surface area contributed by atoms with Crippen LogP contribution in [0.1, 0.15) is 23.2 Å². The predicted octanol–water partition coefficient (Wildman–Crippen LogP) is 2.61. The number of nitrogens with two attached hydrogens (primary N) is 1. The summed E-state index contributed by atoms with van der Waals surface area (Å²) in [5.74, 6) is 0.0278. The van der Waals surface area contributed by atoms with Crippen LogP contribution in [0.15, 0.2) is 53.4 Å². The molecule has 0 heterocycles. The molecule has 3 rings (SSSR count). The highest BCUT2D eigenvalue weighted by Gasteiger charge is 2.29. The molecule has 2 aromatic carbocycles. The molecule has 0 aromatic heterocycles. The lowest BCUT2D eigenvalue weighted by molar-refractivity contribution is 0.0951. The van der Waals surface area contributed by atoms with Crippen molar-refractivity contribution in [3.05, 3.63) is 59.1 Å². The second-order valence-electron chi connectivity index (χ2n) is 6.32. The minimum absolute atomic E-state index is 0.0948. The number of nitrogens with one attached hydrogen (secondary N) is 2. The van der Waals surface area contributed by atoms with E-state index in [-0.39, 0.29) is 22.2 Å². The van der Waals surface area contributed by atoms with Crippen LogP contribution in [-0.4, -0.2) is 26.9 Å². The molecule has 1 amide bonds. The van der Waals surface area contributed by atoms with Crippen molar-refractivity contribution in [1.29, 1.82) is 0 Å². The summed E-state index contributed by atoms with van der Waals surface area (Å²) in [6, 6.07) is 12.3. The van der Waals surface area contributed by atoms with Crippen LogP contribution in [0.5, 0.6) is 0 Å². The summed E-state index contributed by atoms with van der Waals surface area (Å²) in [6.07, 6.45) is 2.16. The van der Waals surface area contributed by atoms with Gasteiger partial charge in [-0.25, -0.2) is 8.42 Å². The first-order valence-corrected chi connectivity index (χ1v) is 10.1. The van der Waals surface area contributed by atoms with E-state index in [9.17, 15) is 13.2 Å². The van der Waals surface area contributed by atoms with E-state index in [0.29, 0.717) is 17.5 Å².